The summed E-state index contributed by atoms with van der Waals surface area (Å²) in [6.07, 6.45) is 2.69. The number of hydrogen-bond acceptors (Lipinski definition) is 4. The monoisotopic (exact) mass is 530 g/mol. The quantitative estimate of drug-likeness (QED) is 0.340. The van der Waals surface area contributed by atoms with E-state index in [2.05, 4.69) is 15.7 Å². The molecule has 2 amide bonds. The number of amides is 2. The predicted molar refractivity (Wildman–Crippen MR) is 134 cm³/mol. The number of benzene rings is 2. The molecular formula is C27H29F3N4O4. The van der Waals surface area contributed by atoms with Gasteiger partial charge in [-0.25, -0.2) is 9.07 Å². The van der Waals surface area contributed by atoms with E-state index in [1.165, 1.54) is 43.6 Å². The van der Waals surface area contributed by atoms with E-state index < -0.39 is 41.8 Å². The lowest BCUT2D eigenvalue weighted by Gasteiger charge is -2.30. The predicted octanol–water partition coefficient (Wildman–Crippen LogP) is 4.43. The molecule has 0 spiro atoms. The Bertz CT molecular complexity index is 1270. The largest absolute Gasteiger partial charge is 0.481 e. The molecule has 0 unspecified atom stereocenters. The van der Waals surface area contributed by atoms with E-state index in [0.717, 1.165) is 5.56 Å². The highest BCUT2D eigenvalue weighted by molar-refractivity contribution is 5.98. The summed E-state index contributed by atoms with van der Waals surface area (Å²) in [6, 6.07) is 10.8. The van der Waals surface area contributed by atoms with Crippen molar-refractivity contribution in [3.05, 3.63) is 77.9 Å². The van der Waals surface area contributed by atoms with E-state index in [1.807, 2.05) is 0 Å². The summed E-state index contributed by atoms with van der Waals surface area (Å²) in [5.41, 5.74) is 1.20. The molecule has 0 fully saturated rings. The van der Waals surface area contributed by atoms with Crippen molar-refractivity contribution in [1.82, 2.24) is 20.4 Å². The minimum atomic E-state index is -2.77. The first-order valence-corrected chi connectivity index (χ1v) is 11.9. The number of hydrogen-bond donors (Lipinski definition) is 3. The lowest BCUT2D eigenvalue weighted by molar-refractivity contribution is -0.141. The highest BCUT2D eigenvalue weighted by atomic mass is 19.3. The van der Waals surface area contributed by atoms with Crippen LogP contribution in [0.3, 0.4) is 0 Å². The zero-order chi connectivity index (χ0) is 28.0. The first kappa shape index (κ1) is 28.4. The smallest absolute Gasteiger partial charge is 0.333 e. The van der Waals surface area contributed by atoms with Gasteiger partial charge in [0.15, 0.2) is 0 Å². The summed E-state index contributed by atoms with van der Waals surface area (Å²) < 4.78 is 39.3. The van der Waals surface area contributed by atoms with Crippen molar-refractivity contribution < 1.29 is 32.7 Å². The van der Waals surface area contributed by atoms with Crippen LogP contribution in [0.5, 0.6) is 0 Å². The molecule has 0 radical (unpaired) electrons. The van der Waals surface area contributed by atoms with Gasteiger partial charge in [0.05, 0.1) is 12.1 Å². The summed E-state index contributed by atoms with van der Waals surface area (Å²) in [7, 11) is 0. The van der Waals surface area contributed by atoms with Crippen molar-refractivity contribution in [3.63, 3.8) is 0 Å². The van der Waals surface area contributed by atoms with E-state index in [4.69, 9.17) is 0 Å². The summed E-state index contributed by atoms with van der Waals surface area (Å²) in [4.78, 5) is 37.6. The zero-order valence-electron chi connectivity index (χ0n) is 21.1. The van der Waals surface area contributed by atoms with Gasteiger partial charge in [-0.15, -0.1) is 0 Å². The normalized spacial score (nSPS) is 13.1. The number of carbonyl (C=O) groups excluding carboxylic acids is 2. The van der Waals surface area contributed by atoms with Crippen molar-refractivity contribution in [3.8, 4) is 11.1 Å². The second-order valence-electron chi connectivity index (χ2n) is 9.74. The molecule has 1 heterocycles. The number of nitrogens with zero attached hydrogens (tertiary/aromatic N) is 2. The number of carboxylic acids is 1. The first-order chi connectivity index (χ1) is 17.8. The van der Waals surface area contributed by atoms with Gasteiger partial charge in [-0.1, -0.05) is 31.2 Å². The number of aromatic nitrogens is 2. The number of carbonyl (C=O) groups is 3. The Kier molecular flexibility index (Phi) is 8.92. The maximum Gasteiger partial charge on any atom is 0.333 e. The Morgan fingerprint density at radius 3 is 2.21 bits per heavy atom. The summed E-state index contributed by atoms with van der Waals surface area (Å²) in [5, 5.41) is 18.4. The van der Waals surface area contributed by atoms with Gasteiger partial charge in [-0.05, 0) is 62.1 Å². The second-order valence-corrected chi connectivity index (χ2v) is 9.74. The molecule has 0 saturated carbocycles. The highest BCUT2D eigenvalue weighted by Gasteiger charge is 2.30. The molecule has 202 valence electrons. The molecule has 11 heteroatoms. The van der Waals surface area contributed by atoms with Crippen LogP contribution in [0.15, 0.2) is 60.9 Å². The third-order valence-corrected chi connectivity index (χ3v) is 5.94. The standard InChI is InChI=1S/C27H29F3N4O4/c1-16(25(37)38)12-22(24(36)33-27(2,3)13-17-4-10-21(28)11-5-17)32-23(35)19-8-6-18(7-9-19)20-14-31-34(15-20)26(29)30/h4-11,14-16,22,26H,12-13H2,1-3H3,(H,32,35)(H,33,36)(H,37,38)/t16-,22-/m0/s1. The van der Waals surface area contributed by atoms with Crippen LogP contribution < -0.4 is 10.6 Å². The topological polar surface area (TPSA) is 113 Å². The molecule has 0 bridgehead atoms. The van der Waals surface area contributed by atoms with Gasteiger partial charge < -0.3 is 15.7 Å². The third-order valence-electron chi connectivity index (χ3n) is 5.94. The van der Waals surface area contributed by atoms with Crippen LogP contribution in [0, 0.1) is 11.7 Å². The van der Waals surface area contributed by atoms with Crippen LogP contribution in [-0.2, 0) is 16.0 Å². The maximum atomic E-state index is 13.2. The molecule has 3 aromatic rings. The molecule has 0 aliphatic carbocycles. The molecule has 8 nitrogen and oxygen atoms in total. The Morgan fingerprint density at radius 1 is 1.03 bits per heavy atom. The fraction of sp³-hybridized carbons (Fsp3) is 0.333. The van der Waals surface area contributed by atoms with E-state index in [1.54, 1.807) is 38.1 Å². The SMILES string of the molecule is C[C@@H](C[C@H](NC(=O)c1ccc(-c2cnn(C(F)F)c2)cc1)C(=O)NC(C)(C)Cc1ccc(F)cc1)C(=O)O. The Morgan fingerprint density at radius 2 is 1.66 bits per heavy atom. The third kappa shape index (κ3) is 7.67. The lowest BCUT2D eigenvalue weighted by atomic mass is 9.93. The average molecular weight is 531 g/mol. The van der Waals surface area contributed by atoms with Gasteiger partial charge >= 0.3 is 12.5 Å². The van der Waals surface area contributed by atoms with Gasteiger partial charge in [0.2, 0.25) is 5.91 Å². The molecule has 2 aromatic carbocycles. The number of aliphatic carboxylic acids is 1. The van der Waals surface area contributed by atoms with E-state index in [9.17, 15) is 32.7 Å². The van der Waals surface area contributed by atoms with E-state index in [-0.39, 0.29) is 17.8 Å². The van der Waals surface area contributed by atoms with Crippen LogP contribution in [0.2, 0.25) is 0 Å². The molecule has 3 rings (SSSR count). The molecule has 3 N–H and O–H groups in total. The van der Waals surface area contributed by atoms with Gasteiger partial charge in [0, 0.05) is 22.9 Å². The van der Waals surface area contributed by atoms with Crippen LogP contribution in [0.25, 0.3) is 11.1 Å². The van der Waals surface area contributed by atoms with Gasteiger partial charge in [-0.2, -0.15) is 13.9 Å². The Hall–Kier alpha value is -4.15. The van der Waals surface area contributed by atoms with Crippen molar-refractivity contribution in [2.24, 2.45) is 5.92 Å². The fourth-order valence-corrected chi connectivity index (χ4v) is 3.91. The minimum Gasteiger partial charge on any atom is -0.481 e. The second kappa shape index (κ2) is 11.9. The molecular weight excluding hydrogens is 501 g/mol. The van der Waals surface area contributed by atoms with Crippen LogP contribution in [-0.4, -0.2) is 44.3 Å². The van der Waals surface area contributed by atoms with E-state index >= 15 is 0 Å². The van der Waals surface area contributed by atoms with Gasteiger partial charge in [0.25, 0.3) is 5.91 Å². The van der Waals surface area contributed by atoms with Crippen LogP contribution in [0.4, 0.5) is 13.2 Å². The fourth-order valence-electron chi connectivity index (χ4n) is 3.91. The number of halogens is 3. The first-order valence-electron chi connectivity index (χ1n) is 11.9. The van der Waals surface area contributed by atoms with Crippen molar-refractivity contribution in [2.45, 2.75) is 51.7 Å². The molecule has 1 aromatic heterocycles. The number of alkyl halides is 2. The molecule has 2 atom stereocenters. The van der Waals surface area contributed by atoms with Gasteiger partial charge in [-0.3, -0.25) is 14.4 Å². The Balaban J connectivity index is 1.72. The van der Waals surface area contributed by atoms with Crippen molar-refractivity contribution >= 4 is 17.8 Å². The minimum absolute atomic E-state index is 0.148. The maximum absolute atomic E-state index is 13.2. The Labute approximate surface area is 217 Å². The van der Waals surface area contributed by atoms with Crippen LogP contribution >= 0.6 is 0 Å². The molecule has 0 saturated heterocycles. The van der Waals surface area contributed by atoms with Crippen molar-refractivity contribution in [1.29, 1.82) is 0 Å². The molecule has 38 heavy (non-hydrogen) atoms. The summed E-state index contributed by atoms with van der Waals surface area (Å²) in [6.45, 7) is 2.20. The number of rotatable bonds is 11. The summed E-state index contributed by atoms with van der Waals surface area (Å²) in [5.74, 6) is -3.57. The van der Waals surface area contributed by atoms with E-state index in [0.29, 0.717) is 22.2 Å². The van der Waals surface area contributed by atoms with Crippen LogP contribution in [0.1, 0.15) is 49.7 Å². The average Bonchev–Trinajstić information content (AvgIpc) is 3.35. The molecule has 0 aliphatic rings. The number of nitrogens with one attached hydrogen (secondary N) is 2. The summed E-state index contributed by atoms with van der Waals surface area (Å²) >= 11 is 0. The molecule has 0 aliphatic heterocycles. The van der Waals surface area contributed by atoms with Crippen molar-refractivity contribution in [2.75, 3.05) is 0 Å². The highest BCUT2D eigenvalue weighted by Crippen LogP contribution is 2.22. The zero-order valence-corrected chi connectivity index (χ0v) is 21.1. The van der Waals surface area contributed by atoms with Gasteiger partial charge in [0.1, 0.15) is 11.9 Å². The number of carboxylic acid groups (broad SMARTS) is 1. The lowest BCUT2D eigenvalue weighted by Crippen LogP contribution is -2.54.